The van der Waals surface area contributed by atoms with Crippen molar-refractivity contribution >= 4 is 23.7 Å². The lowest BCUT2D eigenvalue weighted by Crippen LogP contribution is -2.43. The number of carbonyl (C=O) groups excluding carboxylic acids is 3. The number of hydrogen-bond acceptors (Lipinski definition) is 5. The lowest BCUT2D eigenvalue weighted by molar-refractivity contribution is -0.136. The largest absolute Gasteiger partial charge is 0.359 e. The van der Waals surface area contributed by atoms with E-state index in [1.807, 2.05) is 25.7 Å². The minimum Gasteiger partial charge on any atom is -0.359 e. The van der Waals surface area contributed by atoms with Gasteiger partial charge in [-0.05, 0) is 32.1 Å². The van der Waals surface area contributed by atoms with Gasteiger partial charge in [0.25, 0.3) is 0 Å². The Kier molecular flexibility index (Phi) is 7.23. The second-order valence-corrected chi connectivity index (χ2v) is 9.67. The van der Waals surface area contributed by atoms with Gasteiger partial charge in [-0.15, -0.1) is 0 Å². The topological polar surface area (TPSA) is 108 Å². The molecule has 0 atom stereocenters. The van der Waals surface area contributed by atoms with Crippen LogP contribution >= 0.6 is 0 Å². The van der Waals surface area contributed by atoms with Crippen LogP contribution in [-0.4, -0.2) is 65.0 Å². The molecule has 2 heterocycles. The monoisotopic (exact) mass is 433 g/mol. The predicted octanol–water partition coefficient (Wildman–Crippen LogP) is 2.73. The Morgan fingerprint density at radius 2 is 1.68 bits per heavy atom. The highest BCUT2D eigenvalue weighted by atomic mass is 16.5. The molecule has 0 radical (unpaired) electrons. The smallest absolute Gasteiger partial charge is 0.323 e. The first-order valence-corrected chi connectivity index (χ1v) is 11.2. The molecule has 2 N–H and O–H groups in total. The summed E-state index contributed by atoms with van der Waals surface area (Å²) in [6, 6.07) is 1.71. The molecular formula is C22H35N5O4. The average Bonchev–Trinajstić information content (AvgIpc) is 3.03. The van der Waals surface area contributed by atoms with E-state index in [0.717, 1.165) is 32.1 Å². The number of hydrogen-bond donors (Lipinski definition) is 2. The van der Waals surface area contributed by atoms with E-state index in [4.69, 9.17) is 4.52 Å². The molecule has 9 heteroatoms. The van der Waals surface area contributed by atoms with Crippen molar-refractivity contribution in [3.05, 3.63) is 11.8 Å². The van der Waals surface area contributed by atoms with Gasteiger partial charge >= 0.3 is 6.03 Å². The molecule has 0 spiro atoms. The van der Waals surface area contributed by atoms with Crippen molar-refractivity contribution in [3.63, 3.8) is 0 Å². The van der Waals surface area contributed by atoms with Crippen molar-refractivity contribution in [3.8, 4) is 0 Å². The maximum Gasteiger partial charge on any atom is 0.323 e. The van der Waals surface area contributed by atoms with E-state index in [1.165, 1.54) is 6.92 Å². The van der Waals surface area contributed by atoms with Crippen LogP contribution < -0.4 is 10.6 Å². The third kappa shape index (κ3) is 6.21. The summed E-state index contributed by atoms with van der Waals surface area (Å²) in [4.78, 5) is 40.5. The van der Waals surface area contributed by atoms with Gasteiger partial charge in [0.05, 0.1) is 0 Å². The highest BCUT2D eigenvalue weighted by molar-refractivity contribution is 5.88. The van der Waals surface area contributed by atoms with Crippen molar-refractivity contribution < 1.29 is 18.9 Å². The van der Waals surface area contributed by atoms with Crippen LogP contribution in [0.15, 0.2) is 10.6 Å². The first kappa shape index (κ1) is 23.1. The quantitative estimate of drug-likeness (QED) is 0.762. The fraction of sp³-hybridized carbons (Fsp3) is 0.727. The maximum absolute atomic E-state index is 13.0. The number of carbonyl (C=O) groups is 3. The molecule has 1 aromatic rings. The highest BCUT2D eigenvalue weighted by Gasteiger charge is 2.31. The van der Waals surface area contributed by atoms with Crippen LogP contribution in [0.1, 0.15) is 65.6 Å². The van der Waals surface area contributed by atoms with E-state index in [-0.39, 0.29) is 35.2 Å². The summed E-state index contributed by atoms with van der Waals surface area (Å²) in [6.07, 6.45) is 4.02. The SMILES string of the molecule is CC(=O)NC1CCC(C(=O)N2CCCN(C(=O)Nc3cc(C(C)(C)C)on3)CC2)CC1. The normalized spacial score (nSPS) is 22.6. The minimum atomic E-state index is -0.223. The Hall–Kier alpha value is -2.58. The van der Waals surface area contributed by atoms with Crippen LogP contribution in [0.5, 0.6) is 0 Å². The van der Waals surface area contributed by atoms with Crippen molar-refractivity contribution in [1.82, 2.24) is 20.3 Å². The van der Waals surface area contributed by atoms with Crippen LogP contribution in [0, 0.1) is 5.92 Å². The molecule has 0 unspecified atom stereocenters. The number of aromatic nitrogens is 1. The molecule has 0 aromatic carbocycles. The van der Waals surface area contributed by atoms with Crippen LogP contribution in [-0.2, 0) is 15.0 Å². The summed E-state index contributed by atoms with van der Waals surface area (Å²) in [5.74, 6) is 1.29. The van der Waals surface area contributed by atoms with E-state index < -0.39 is 0 Å². The lowest BCUT2D eigenvalue weighted by atomic mass is 9.85. The number of nitrogens with one attached hydrogen (secondary N) is 2. The third-order valence-corrected chi connectivity index (χ3v) is 6.06. The number of nitrogens with zero attached hydrogens (tertiary/aromatic N) is 3. The summed E-state index contributed by atoms with van der Waals surface area (Å²) in [7, 11) is 0. The molecule has 4 amide bonds. The zero-order chi connectivity index (χ0) is 22.6. The molecule has 9 nitrogen and oxygen atoms in total. The summed E-state index contributed by atoms with van der Waals surface area (Å²) < 4.78 is 5.33. The van der Waals surface area contributed by atoms with E-state index in [9.17, 15) is 14.4 Å². The summed E-state index contributed by atoms with van der Waals surface area (Å²) in [5, 5.41) is 9.70. The molecule has 0 bridgehead atoms. The molecule has 1 aliphatic heterocycles. The zero-order valence-electron chi connectivity index (χ0n) is 19.1. The van der Waals surface area contributed by atoms with Crippen LogP contribution in [0.4, 0.5) is 10.6 Å². The second kappa shape index (κ2) is 9.70. The van der Waals surface area contributed by atoms with Crippen LogP contribution in [0.25, 0.3) is 0 Å². The molecule has 3 rings (SSSR count). The van der Waals surface area contributed by atoms with E-state index in [1.54, 1.807) is 11.0 Å². The zero-order valence-corrected chi connectivity index (χ0v) is 19.1. The van der Waals surface area contributed by atoms with Crippen LogP contribution in [0.2, 0.25) is 0 Å². The van der Waals surface area contributed by atoms with Gasteiger partial charge in [-0.2, -0.15) is 0 Å². The Labute approximate surface area is 183 Å². The maximum atomic E-state index is 13.0. The minimum absolute atomic E-state index is 0.0105. The van der Waals surface area contributed by atoms with E-state index in [2.05, 4.69) is 15.8 Å². The Balaban J connectivity index is 1.48. The molecule has 1 saturated heterocycles. The van der Waals surface area contributed by atoms with Gasteiger partial charge < -0.3 is 19.6 Å². The fourth-order valence-electron chi connectivity index (χ4n) is 4.25. The summed E-state index contributed by atoms with van der Waals surface area (Å²) in [5.41, 5.74) is -0.180. The van der Waals surface area contributed by atoms with Gasteiger partial charge in [0, 0.05) is 56.5 Å². The standard InChI is InChI=1S/C22H35N5O4/c1-15(28)23-17-8-6-16(7-9-17)20(29)26-10-5-11-27(13-12-26)21(30)24-19-14-18(31-25-19)22(2,3)4/h14,16-17H,5-13H2,1-4H3,(H,23,28)(H,24,25,30). The Bertz CT molecular complexity index is 792. The first-order valence-electron chi connectivity index (χ1n) is 11.2. The summed E-state index contributed by atoms with van der Waals surface area (Å²) in [6.45, 7) is 9.86. The van der Waals surface area contributed by atoms with Gasteiger partial charge in [0.15, 0.2) is 5.82 Å². The molecule has 2 aliphatic rings. The lowest BCUT2D eigenvalue weighted by Gasteiger charge is -2.32. The fourth-order valence-corrected chi connectivity index (χ4v) is 4.25. The first-order chi connectivity index (χ1) is 14.6. The third-order valence-electron chi connectivity index (χ3n) is 6.06. The number of anilines is 1. The predicted molar refractivity (Wildman–Crippen MR) is 117 cm³/mol. The van der Waals surface area contributed by atoms with Gasteiger partial charge in [0.1, 0.15) is 5.76 Å². The van der Waals surface area contributed by atoms with Gasteiger partial charge in [-0.25, -0.2) is 4.79 Å². The molecular weight excluding hydrogens is 398 g/mol. The molecule has 1 saturated carbocycles. The number of rotatable bonds is 3. The molecule has 31 heavy (non-hydrogen) atoms. The molecule has 1 aromatic heterocycles. The van der Waals surface area contributed by atoms with Crippen molar-refractivity contribution in [1.29, 1.82) is 0 Å². The van der Waals surface area contributed by atoms with Gasteiger partial charge in [0.2, 0.25) is 11.8 Å². The Morgan fingerprint density at radius 1 is 1.03 bits per heavy atom. The van der Waals surface area contributed by atoms with Gasteiger partial charge in [-0.3, -0.25) is 14.9 Å². The Morgan fingerprint density at radius 3 is 2.29 bits per heavy atom. The number of amides is 4. The number of urea groups is 1. The molecule has 172 valence electrons. The van der Waals surface area contributed by atoms with Crippen molar-refractivity contribution in [2.45, 2.75) is 71.3 Å². The summed E-state index contributed by atoms with van der Waals surface area (Å²) >= 11 is 0. The molecule has 2 fully saturated rings. The molecule has 1 aliphatic carbocycles. The van der Waals surface area contributed by atoms with Crippen LogP contribution in [0.3, 0.4) is 0 Å². The second-order valence-electron chi connectivity index (χ2n) is 9.67. The van der Waals surface area contributed by atoms with E-state index in [0.29, 0.717) is 37.8 Å². The van der Waals surface area contributed by atoms with Crippen molar-refractivity contribution in [2.24, 2.45) is 5.92 Å². The van der Waals surface area contributed by atoms with Gasteiger partial charge in [-0.1, -0.05) is 25.9 Å². The highest BCUT2D eigenvalue weighted by Crippen LogP contribution is 2.27. The van der Waals surface area contributed by atoms with Crippen molar-refractivity contribution in [2.75, 3.05) is 31.5 Å². The average molecular weight is 434 g/mol. The van der Waals surface area contributed by atoms with E-state index >= 15 is 0 Å².